The average Bonchev–Trinajstić information content (AvgIpc) is 2.40. The fourth-order valence-electron chi connectivity index (χ4n) is 2.08. The lowest BCUT2D eigenvalue weighted by Gasteiger charge is -2.21. The van der Waals surface area contributed by atoms with E-state index in [1.165, 1.54) is 25.0 Å². The zero-order valence-electron chi connectivity index (χ0n) is 10.3. The van der Waals surface area contributed by atoms with Crippen molar-refractivity contribution in [2.24, 2.45) is 0 Å². The quantitative estimate of drug-likeness (QED) is 0.657. The van der Waals surface area contributed by atoms with Gasteiger partial charge in [0.25, 0.3) is 5.69 Å². The number of thioether (sulfide) groups is 1. The molecule has 1 aromatic carbocycles. The summed E-state index contributed by atoms with van der Waals surface area (Å²) in [6.45, 7) is 1.82. The van der Waals surface area contributed by atoms with Gasteiger partial charge < -0.3 is 5.32 Å². The van der Waals surface area contributed by atoms with Crippen LogP contribution in [0.1, 0.15) is 24.8 Å². The van der Waals surface area contributed by atoms with E-state index in [-0.39, 0.29) is 10.6 Å². The molecular weight excluding hydrogens is 248 g/mol. The van der Waals surface area contributed by atoms with E-state index in [1.54, 1.807) is 12.1 Å². The number of nitrogens with zero attached hydrogens (tertiary/aromatic N) is 1. The van der Waals surface area contributed by atoms with E-state index in [0.717, 1.165) is 23.9 Å². The Labute approximate surface area is 111 Å². The van der Waals surface area contributed by atoms with Crippen molar-refractivity contribution in [3.8, 4) is 0 Å². The van der Waals surface area contributed by atoms with Crippen molar-refractivity contribution in [3.63, 3.8) is 0 Å². The third-order valence-electron chi connectivity index (χ3n) is 3.12. The summed E-state index contributed by atoms with van der Waals surface area (Å²) in [6.07, 6.45) is 4.00. The highest BCUT2D eigenvalue weighted by atomic mass is 32.2. The van der Waals surface area contributed by atoms with Gasteiger partial charge in [-0.05, 0) is 24.2 Å². The molecule has 5 heteroatoms. The van der Waals surface area contributed by atoms with Gasteiger partial charge in [-0.1, -0.05) is 18.6 Å². The summed E-state index contributed by atoms with van der Waals surface area (Å²) >= 11 is 2.05. The number of nitro benzene ring substituents is 1. The first-order valence-corrected chi connectivity index (χ1v) is 7.36. The third kappa shape index (κ3) is 3.99. The second-order valence-electron chi connectivity index (χ2n) is 4.54. The van der Waals surface area contributed by atoms with E-state index in [0.29, 0.717) is 0 Å². The summed E-state index contributed by atoms with van der Waals surface area (Å²) in [5, 5.41) is 14.7. The molecule has 1 saturated heterocycles. The Morgan fingerprint density at radius 3 is 2.72 bits per heavy atom. The van der Waals surface area contributed by atoms with Crippen molar-refractivity contribution in [2.45, 2.75) is 31.1 Å². The Hall–Kier alpha value is -1.07. The van der Waals surface area contributed by atoms with Gasteiger partial charge in [-0.25, -0.2) is 0 Å². The van der Waals surface area contributed by atoms with Crippen LogP contribution in [-0.4, -0.2) is 22.5 Å². The number of nitrogens with one attached hydrogen (secondary N) is 1. The molecule has 1 atom stereocenters. The molecule has 0 radical (unpaired) electrons. The monoisotopic (exact) mass is 266 g/mol. The van der Waals surface area contributed by atoms with Gasteiger partial charge in [0.05, 0.1) is 4.92 Å². The van der Waals surface area contributed by atoms with Gasteiger partial charge in [-0.3, -0.25) is 10.1 Å². The lowest BCUT2D eigenvalue weighted by Crippen LogP contribution is -2.26. The van der Waals surface area contributed by atoms with Crippen LogP contribution in [-0.2, 0) is 6.54 Å². The maximum absolute atomic E-state index is 10.5. The second-order valence-corrected chi connectivity index (χ2v) is 5.95. The minimum atomic E-state index is -0.365. The van der Waals surface area contributed by atoms with Crippen LogP contribution in [0, 0.1) is 10.1 Å². The van der Waals surface area contributed by atoms with Crippen LogP contribution >= 0.6 is 11.8 Å². The molecule has 1 heterocycles. The molecule has 0 aromatic heterocycles. The van der Waals surface area contributed by atoms with Gasteiger partial charge in [0, 0.05) is 30.5 Å². The van der Waals surface area contributed by atoms with Crippen LogP contribution in [0.25, 0.3) is 0 Å². The van der Waals surface area contributed by atoms with Crippen molar-refractivity contribution >= 4 is 17.4 Å². The summed E-state index contributed by atoms with van der Waals surface area (Å²) in [4.78, 5) is 10.2. The van der Waals surface area contributed by atoms with Crippen LogP contribution in [0.5, 0.6) is 0 Å². The van der Waals surface area contributed by atoms with Gasteiger partial charge in [0.2, 0.25) is 0 Å². The van der Waals surface area contributed by atoms with Crippen LogP contribution in [0.15, 0.2) is 24.3 Å². The topological polar surface area (TPSA) is 55.2 Å². The Morgan fingerprint density at radius 1 is 1.33 bits per heavy atom. The molecule has 1 aliphatic rings. The second kappa shape index (κ2) is 6.75. The van der Waals surface area contributed by atoms with Crippen LogP contribution in [0.2, 0.25) is 0 Å². The molecule has 0 bridgehead atoms. The van der Waals surface area contributed by atoms with E-state index in [9.17, 15) is 10.1 Å². The number of non-ortho nitro benzene ring substituents is 1. The maximum Gasteiger partial charge on any atom is 0.269 e. The van der Waals surface area contributed by atoms with Crippen molar-refractivity contribution in [2.75, 3.05) is 12.3 Å². The van der Waals surface area contributed by atoms with Crippen molar-refractivity contribution < 1.29 is 4.92 Å². The normalized spacial score (nSPS) is 19.7. The van der Waals surface area contributed by atoms with Crippen molar-refractivity contribution in [1.29, 1.82) is 0 Å². The first kappa shape index (κ1) is 13.4. The smallest absolute Gasteiger partial charge is 0.269 e. The zero-order valence-corrected chi connectivity index (χ0v) is 11.1. The van der Waals surface area contributed by atoms with E-state index >= 15 is 0 Å². The van der Waals surface area contributed by atoms with Crippen molar-refractivity contribution in [1.82, 2.24) is 5.32 Å². The van der Waals surface area contributed by atoms with Gasteiger partial charge in [-0.15, -0.1) is 0 Å². The molecule has 1 fully saturated rings. The van der Waals surface area contributed by atoms with Gasteiger partial charge in [0.15, 0.2) is 0 Å². The molecule has 1 N–H and O–H groups in total. The van der Waals surface area contributed by atoms with E-state index in [4.69, 9.17) is 0 Å². The number of hydrogen-bond acceptors (Lipinski definition) is 4. The van der Waals surface area contributed by atoms with E-state index < -0.39 is 0 Å². The highest BCUT2D eigenvalue weighted by Crippen LogP contribution is 2.24. The molecule has 1 aromatic rings. The van der Waals surface area contributed by atoms with Crippen LogP contribution < -0.4 is 5.32 Å². The zero-order chi connectivity index (χ0) is 12.8. The molecule has 0 saturated carbocycles. The predicted molar refractivity (Wildman–Crippen MR) is 74.9 cm³/mol. The number of hydrogen-bond donors (Lipinski definition) is 1. The third-order valence-corrected chi connectivity index (χ3v) is 4.52. The van der Waals surface area contributed by atoms with E-state index in [2.05, 4.69) is 17.1 Å². The highest BCUT2D eigenvalue weighted by Gasteiger charge is 2.13. The largest absolute Gasteiger partial charge is 0.312 e. The summed E-state index contributed by atoms with van der Waals surface area (Å²) in [7, 11) is 0. The molecule has 0 aliphatic carbocycles. The minimum absolute atomic E-state index is 0.154. The fourth-order valence-corrected chi connectivity index (χ4v) is 3.35. The summed E-state index contributed by atoms with van der Waals surface area (Å²) in [6, 6.07) is 6.76. The Balaban J connectivity index is 1.74. The van der Waals surface area contributed by atoms with Crippen molar-refractivity contribution in [3.05, 3.63) is 39.9 Å². The minimum Gasteiger partial charge on any atom is -0.312 e. The standard InChI is InChI=1S/C13H18N2O2S/c16-15(17)12-6-4-11(5-7-12)9-14-10-13-3-1-2-8-18-13/h4-7,13-14H,1-3,8-10H2. The Kier molecular flexibility index (Phi) is 5.01. The van der Waals surface area contributed by atoms with Gasteiger partial charge >= 0.3 is 0 Å². The summed E-state index contributed by atoms with van der Waals surface area (Å²) in [5.41, 5.74) is 1.25. The van der Waals surface area contributed by atoms with Gasteiger partial charge in [0.1, 0.15) is 0 Å². The molecular formula is C13H18N2O2S. The van der Waals surface area contributed by atoms with Crippen LogP contribution in [0.3, 0.4) is 0 Å². The first-order valence-electron chi connectivity index (χ1n) is 6.31. The molecule has 18 heavy (non-hydrogen) atoms. The lowest BCUT2D eigenvalue weighted by atomic mass is 10.1. The van der Waals surface area contributed by atoms with E-state index in [1.807, 2.05) is 12.1 Å². The summed E-state index contributed by atoms with van der Waals surface area (Å²) < 4.78 is 0. The molecule has 0 amide bonds. The predicted octanol–water partition coefficient (Wildman–Crippen LogP) is 2.97. The van der Waals surface area contributed by atoms with Gasteiger partial charge in [-0.2, -0.15) is 11.8 Å². The number of rotatable bonds is 5. The van der Waals surface area contributed by atoms with Crippen LogP contribution in [0.4, 0.5) is 5.69 Å². The maximum atomic E-state index is 10.5. The molecule has 0 spiro atoms. The lowest BCUT2D eigenvalue weighted by molar-refractivity contribution is -0.384. The molecule has 1 unspecified atom stereocenters. The molecule has 98 valence electrons. The molecule has 4 nitrogen and oxygen atoms in total. The number of nitro groups is 1. The SMILES string of the molecule is O=[N+]([O-])c1ccc(CNCC2CCCCS2)cc1. The molecule has 2 rings (SSSR count). The highest BCUT2D eigenvalue weighted by molar-refractivity contribution is 7.99. The average molecular weight is 266 g/mol. The molecule has 1 aliphatic heterocycles. The number of benzene rings is 1. The summed E-state index contributed by atoms with van der Waals surface area (Å²) in [5.74, 6) is 1.28. The fraction of sp³-hybridized carbons (Fsp3) is 0.538. The first-order chi connectivity index (χ1) is 8.75. The Morgan fingerprint density at radius 2 is 2.11 bits per heavy atom. The Bertz CT molecular complexity index is 388.